The molecule has 17 heavy (non-hydrogen) atoms. The van der Waals surface area contributed by atoms with Gasteiger partial charge in [-0.3, -0.25) is 0 Å². The highest BCUT2D eigenvalue weighted by molar-refractivity contribution is 5.68. The van der Waals surface area contributed by atoms with Gasteiger partial charge in [-0.05, 0) is 20.8 Å². The van der Waals surface area contributed by atoms with E-state index >= 15 is 0 Å². The van der Waals surface area contributed by atoms with E-state index in [0.29, 0.717) is 6.61 Å². The van der Waals surface area contributed by atoms with Crippen molar-refractivity contribution in [2.24, 2.45) is 5.92 Å². The summed E-state index contributed by atoms with van der Waals surface area (Å²) < 4.78 is 15.7. The third-order valence-electron chi connectivity index (χ3n) is 2.80. The summed E-state index contributed by atoms with van der Waals surface area (Å²) in [6, 6.07) is -0.257. The molecular weight excluding hydrogens is 226 g/mol. The van der Waals surface area contributed by atoms with Gasteiger partial charge in [0.1, 0.15) is 5.60 Å². The first-order valence-electron chi connectivity index (χ1n) is 5.77. The fraction of sp³-hybridized carbons (Fsp3) is 0.909. The van der Waals surface area contributed by atoms with E-state index < -0.39 is 24.1 Å². The summed E-state index contributed by atoms with van der Waals surface area (Å²) in [5.41, 5.74) is -0.534. The summed E-state index contributed by atoms with van der Waals surface area (Å²) in [5.74, 6) is -0.206. The monoisotopic (exact) mass is 245 g/mol. The van der Waals surface area contributed by atoms with Crippen molar-refractivity contribution in [2.75, 3.05) is 13.2 Å². The zero-order valence-electron chi connectivity index (χ0n) is 10.3. The summed E-state index contributed by atoms with van der Waals surface area (Å²) >= 11 is 0. The summed E-state index contributed by atoms with van der Waals surface area (Å²) in [5, 5.41) is 12.4. The molecule has 2 saturated heterocycles. The fourth-order valence-corrected chi connectivity index (χ4v) is 2.12. The van der Waals surface area contributed by atoms with Crippen molar-refractivity contribution in [3.05, 3.63) is 0 Å². The molecule has 2 aliphatic heterocycles. The molecule has 6 heteroatoms. The number of alkyl carbamates (subject to hydrolysis) is 1. The normalized spacial score (nSPS) is 36.7. The maximum absolute atomic E-state index is 11.6. The first-order chi connectivity index (χ1) is 7.87. The second-order valence-corrected chi connectivity index (χ2v) is 5.43. The highest BCUT2D eigenvalue weighted by Gasteiger charge is 2.48. The first-order valence-corrected chi connectivity index (χ1v) is 5.77. The van der Waals surface area contributed by atoms with E-state index in [1.165, 1.54) is 0 Å². The Bertz CT molecular complexity index is 301. The number of rotatable bonds is 1. The maximum Gasteiger partial charge on any atom is 0.407 e. The minimum atomic E-state index is -0.595. The largest absolute Gasteiger partial charge is 0.444 e. The average Bonchev–Trinajstić information content (AvgIpc) is 2.68. The van der Waals surface area contributed by atoms with Crippen molar-refractivity contribution in [3.63, 3.8) is 0 Å². The molecule has 0 unspecified atom stereocenters. The summed E-state index contributed by atoms with van der Waals surface area (Å²) in [6.45, 7) is 5.99. The van der Waals surface area contributed by atoms with Gasteiger partial charge in [0.25, 0.3) is 0 Å². The quantitative estimate of drug-likeness (QED) is 0.692. The number of nitrogens with one attached hydrogen (secondary N) is 1. The fourth-order valence-electron chi connectivity index (χ4n) is 2.12. The predicted molar refractivity (Wildman–Crippen MR) is 58.3 cm³/mol. The second-order valence-electron chi connectivity index (χ2n) is 5.43. The lowest BCUT2D eigenvalue weighted by Gasteiger charge is -2.23. The molecule has 0 saturated carbocycles. The standard InChI is InChI=1S/C11H19NO5/c1-11(2,3)17-10(14)12-6-4-15-9-8(6)7(13)5-16-9/h6-9,13H,4-5H2,1-3H3,(H,12,14)/t6-,7-,8-,9+/m0/s1. The van der Waals surface area contributed by atoms with Crippen molar-refractivity contribution in [2.45, 2.75) is 44.8 Å². The van der Waals surface area contributed by atoms with Crippen LogP contribution in [-0.2, 0) is 14.2 Å². The van der Waals surface area contributed by atoms with Crippen LogP contribution in [-0.4, -0.2) is 48.5 Å². The van der Waals surface area contributed by atoms with Crippen LogP contribution in [0.1, 0.15) is 20.8 Å². The Morgan fingerprint density at radius 3 is 2.65 bits per heavy atom. The van der Waals surface area contributed by atoms with Crippen LogP contribution in [0.3, 0.4) is 0 Å². The van der Waals surface area contributed by atoms with Crippen molar-refractivity contribution >= 4 is 6.09 Å². The second kappa shape index (κ2) is 4.44. The SMILES string of the molecule is CC(C)(C)OC(=O)N[C@H]1CO[C@@H]2OC[C@H](O)[C@@H]21. The average molecular weight is 245 g/mol. The zero-order valence-corrected chi connectivity index (χ0v) is 10.3. The van der Waals surface area contributed by atoms with Gasteiger partial charge in [0.05, 0.1) is 31.3 Å². The molecule has 0 aromatic carbocycles. The molecule has 0 aromatic heterocycles. The number of hydrogen-bond acceptors (Lipinski definition) is 5. The highest BCUT2D eigenvalue weighted by Crippen LogP contribution is 2.31. The van der Waals surface area contributed by atoms with Crippen LogP contribution in [0, 0.1) is 5.92 Å². The molecule has 2 rings (SSSR count). The third kappa shape index (κ3) is 2.88. The number of hydrogen-bond donors (Lipinski definition) is 2. The van der Waals surface area contributed by atoms with Crippen LogP contribution in [0.4, 0.5) is 4.79 Å². The zero-order chi connectivity index (χ0) is 12.6. The molecule has 0 radical (unpaired) electrons. The van der Waals surface area contributed by atoms with Crippen LogP contribution < -0.4 is 5.32 Å². The summed E-state index contributed by atoms with van der Waals surface area (Å²) in [6.07, 6.45) is -1.50. The maximum atomic E-state index is 11.6. The van der Waals surface area contributed by atoms with Crippen LogP contribution >= 0.6 is 0 Å². The van der Waals surface area contributed by atoms with Gasteiger partial charge in [-0.2, -0.15) is 0 Å². The molecule has 2 N–H and O–H groups in total. The van der Waals surface area contributed by atoms with Crippen LogP contribution in [0.25, 0.3) is 0 Å². The Kier molecular flexibility index (Phi) is 3.29. The molecule has 1 amide bonds. The Hall–Kier alpha value is -0.850. The minimum Gasteiger partial charge on any atom is -0.444 e. The number of aliphatic hydroxyl groups is 1. The lowest BCUT2D eigenvalue weighted by atomic mass is 9.98. The Balaban J connectivity index is 1.89. The third-order valence-corrected chi connectivity index (χ3v) is 2.80. The molecule has 0 aliphatic carbocycles. The van der Waals surface area contributed by atoms with Gasteiger partial charge >= 0.3 is 6.09 Å². The number of carbonyl (C=O) groups excluding carboxylic acids is 1. The summed E-state index contributed by atoms with van der Waals surface area (Å²) in [7, 11) is 0. The van der Waals surface area contributed by atoms with Gasteiger partial charge in [0.15, 0.2) is 6.29 Å². The molecule has 2 fully saturated rings. The predicted octanol–water partition coefficient (Wildman–Crippen LogP) is 0.243. The van der Waals surface area contributed by atoms with Crippen molar-refractivity contribution < 1.29 is 24.1 Å². The highest BCUT2D eigenvalue weighted by atomic mass is 16.7. The number of carbonyl (C=O) groups is 1. The number of amides is 1. The minimum absolute atomic E-state index is 0.206. The van der Waals surface area contributed by atoms with Crippen molar-refractivity contribution in [1.82, 2.24) is 5.32 Å². The lowest BCUT2D eigenvalue weighted by Crippen LogP contribution is -2.45. The smallest absolute Gasteiger partial charge is 0.407 e. The molecule has 6 nitrogen and oxygen atoms in total. The molecule has 2 aliphatic rings. The van der Waals surface area contributed by atoms with Crippen molar-refractivity contribution in [3.8, 4) is 0 Å². The first kappa shape index (κ1) is 12.6. The van der Waals surface area contributed by atoms with E-state index in [1.807, 2.05) is 0 Å². The van der Waals surface area contributed by atoms with Crippen LogP contribution in [0.2, 0.25) is 0 Å². The molecule has 2 heterocycles. The van der Waals surface area contributed by atoms with Gasteiger partial charge in [-0.15, -0.1) is 0 Å². The topological polar surface area (TPSA) is 77.0 Å². The van der Waals surface area contributed by atoms with E-state index in [1.54, 1.807) is 20.8 Å². The van der Waals surface area contributed by atoms with Crippen LogP contribution in [0.5, 0.6) is 0 Å². The molecule has 0 spiro atoms. The van der Waals surface area contributed by atoms with E-state index in [-0.39, 0.29) is 18.6 Å². The van der Waals surface area contributed by atoms with E-state index in [0.717, 1.165) is 0 Å². The van der Waals surface area contributed by atoms with E-state index in [9.17, 15) is 9.90 Å². The Morgan fingerprint density at radius 1 is 1.35 bits per heavy atom. The number of fused-ring (bicyclic) bond motifs is 1. The van der Waals surface area contributed by atoms with Gasteiger partial charge in [-0.25, -0.2) is 4.79 Å². The molecule has 4 atom stereocenters. The molecule has 0 bridgehead atoms. The molecule has 0 aromatic rings. The lowest BCUT2D eigenvalue weighted by molar-refractivity contribution is -0.0908. The Morgan fingerprint density at radius 2 is 2.00 bits per heavy atom. The van der Waals surface area contributed by atoms with Gasteiger partial charge < -0.3 is 24.6 Å². The van der Waals surface area contributed by atoms with E-state index in [2.05, 4.69) is 5.32 Å². The molecule has 98 valence electrons. The van der Waals surface area contributed by atoms with Gasteiger partial charge in [0, 0.05) is 0 Å². The van der Waals surface area contributed by atoms with Crippen LogP contribution in [0.15, 0.2) is 0 Å². The van der Waals surface area contributed by atoms with Gasteiger partial charge in [0.2, 0.25) is 0 Å². The molecular formula is C11H19NO5. The number of aliphatic hydroxyl groups excluding tert-OH is 1. The number of ether oxygens (including phenoxy) is 3. The van der Waals surface area contributed by atoms with Gasteiger partial charge in [-0.1, -0.05) is 0 Å². The van der Waals surface area contributed by atoms with E-state index in [4.69, 9.17) is 14.2 Å². The van der Waals surface area contributed by atoms with Crippen molar-refractivity contribution in [1.29, 1.82) is 0 Å². The summed E-state index contributed by atoms with van der Waals surface area (Å²) in [4.78, 5) is 11.6. The Labute approximate surface area is 100 Å².